The van der Waals surface area contributed by atoms with Gasteiger partial charge in [-0.05, 0) is 48.4 Å². The van der Waals surface area contributed by atoms with Gasteiger partial charge in [-0.25, -0.2) is 8.42 Å². The van der Waals surface area contributed by atoms with Crippen LogP contribution in [0.25, 0.3) is 11.3 Å². The molecule has 0 aliphatic carbocycles. The highest BCUT2D eigenvalue weighted by molar-refractivity contribution is 7.90. The molecule has 2 heterocycles. The number of ether oxygens (including phenoxy) is 1. The molecule has 0 radical (unpaired) electrons. The second-order valence-corrected chi connectivity index (χ2v) is 8.77. The molecule has 8 heteroatoms. The van der Waals surface area contributed by atoms with Gasteiger partial charge in [-0.2, -0.15) is 5.10 Å². The molecule has 0 bridgehead atoms. The molecule has 0 saturated carbocycles. The van der Waals surface area contributed by atoms with Gasteiger partial charge in [0.05, 0.1) is 11.1 Å². The largest absolute Gasteiger partial charge is 0.453 e. The molecular weight excluding hydrogens is 378 g/mol. The molecular formula is C20H19N3O4S. The van der Waals surface area contributed by atoms with E-state index in [4.69, 9.17) is 4.74 Å². The van der Waals surface area contributed by atoms with Crippen LogP contribution in [0.5, 0.6) is 11.5 Å². The molecule has 0 spiro atoms. The SMILES string of the molecule is CN1C(=O)CCc2cc(-c3[nH]ncc3Oc3ccc(S(C)(=O)=O)cc3)ccc21. The van der Waals surface area contributed by atoms with Crippen LogP contribution in [-0.2, 0) is 21.1 Å². The van der Waals surface area contributed by atoms with E-state index in [-0.39, 0.29) is 10.8 Å². The summed E-state index contributed by atoms with van der Waals surface area (Å²) in [7, 11) is -1.47. The summed E-state index contributed by atoms with van der Waals surface area (Å²) < 4.78 is 29.1. The second kappa shape index (κ2) is 6.79. The fourth-order valence-electron chi connectivity index (χ4n) is 3.25. The molecule has 144 valence electrons. The molecule has 1 aliphatic heterocycles. The van der Waals surface area contributed by atoms with Gasteiger partial charge in [0.2, 0.25) is 5.91 Å². The first kappa shape index (κ1) is 18.2. The van der Waals surface area contributed by atoms with Gasteiger partial charge in [0.1, 0.15) is 11.4 Å². The van der Waals surface area contributed by atoms with Crippen molar-refractivity contribution in [2.75, 3.05) is 18.2 Å². The van der Waals surface area contributed by atoms with Crippen LogP contribution in [0.4, 0.5) is 5.69 Å². The lowest BCUT2D eigenvalue weighted by Gasteiger charge is -2.26. The fourth-order valence-corrected chi connectivity index (χ4v) is 3.88. The molecule has 1 aliphatic rings. The monoisotopic (exact) mass is 397 g/mol. The molecule has 1 N–H and O–H groups in total. The Kier molecular flexibility index (Phi) is 4.43. The first-order valence-electron chi connectivity index (χ1n) is 8.74. The second-order valence-electron chi connectivity index (χ2n) is 6.75. The van der Waals surface area contributed by atoms with E-state index in [1.807, 2.05) is 18.2 Å². The topological polar surface area (TPSA) is 92.4 Å². The van der Waals surface area contributed by atoms with Crippen LogP contribution in [0.15, 0.2) is 53.6 Å². The number of benzene rings is 2. The van der Waals surface area contributed by atoms with Crippen molar-refractivity contribution in [3.05, 3.63) is 54.2 Å². The van der Waals surface area contributed by atoms with Gasteiger partial charge in [-0.3, -0.25) is 9.89 Å². The summed E-state index contributed by atoms with van der Waals surface area (Å²) in [5.41, 5.74) is 3.63. The molecule has 4 rings (SSSR count). The lowest BCUT2D eigenvalue weighted by molar-refractivity contribution is -0.118. The standard InChI is InChI=1S/C20H19N3O4S/c1-23-17-9-3-14(11-13(17)4-10-19(23)24)20-18(12-21-22-20)27-15-5-7-16(8-6-15)28(2,25)26/h3,5-9,11-12H,4,10H2,1-2H3,(H,21,22). The van der Waals surface area contributed by atoms with E-state index >= 15 is 0 Å². The van der Waals surface area contributed by atoms with Crippen molar-refractivity contribution in [1.82, 2.24) is 10.2 Å². The highest BCUT2D eigenvalue weighted by atomic mass is 32.2. The van der Waals surface area contributed by atoms with Crippen LogP contribution in [0.3, 0.4) is 0 Å². The van der Waals surface area contributed by atoms with E-state index in [0.29, 0.717) is 24.3 Å². The van der Waals surface area contributed by atoms with Gasteiger partial charge in [0.15, 0.2) is 15.6 Å². The number of hydrogen-bond donors (Lipinski definition) is 1. The quantitative estimate of drug-likeness (QED) is 0.730. The zero-order chi connectivity index (χ0) is 19.9. The molecule has 0 saturated heterocycles. The molecule has 1 amide bonds. The third kappa shape index (κ3) is 3.38. The number of sulfone groups is 1. The summed E-state index contributed by atoms with van der Waals surface area (Å²) in [6, 6.07) is 12.1. The van der Waals surface area contributed by atoms with Crippen molar-refractivity contribution in [1.29, 1.82) is 0 Å². The van der Waals surface area contributed by atoms with Crippen molar-refractivity contribution in [2.24, 2.45) is 0 Å². The lowest BCUT2D eigenvalue weighted by atomic mass is 9.98. The zero-order valence-electron chi connectivity index (χ0n) is 15.5. The Morgan fingerprint density at radius 1 is 1.11 bits per heavy atom. The van der Waals surface area contributed by atoms with Crippen molar-refractivity contribution >= 4 is 21.4 Å². The number of aromatic amines is 1. The number of fused-ring (bicyclic) bond motifs is 1. The number of hydrogen-bond acceptors (Lipinski definition) is 5. The number of aromatic nitrogens is 2. The normalized spacial score (nSPS) is 14.1. The number of carbonyl (C=O) groups is 1. The Labute approximate surface area is 162 Å². The average Bonchev–Trinajstić information content (AvgIpc) is 3.12. The minimum absolute atomic E-state index is 0.114. The Hall–Kier alpha value is -3.13. The Morgan fingerprint density at radius 3 is 2.57 bits per heavy atom. The Morgan fingerprint density at radius 2 is 1.86 bits per heavy atom. The number of nitrogens with one attached hydrogen (secondary N) is 1. The Balaban J connectivity index is 1.62. The third-order valence-electron chi connectivity index (χ3n) is 4.80. The van der Waals surface area contributed by atoms with E-state index < -0.39 is 9.84 Å². The molecule has 0 atom stereocenters. The third-order valence-corrected chi connectivity index (χ3v) is 5.92. The maximum Gasteiger partial charge on any atom is 0.227 e. The highest BCUT2D eigenvalue weighted by Gasteiger charge is 2.22. The van der Waals surface area contributed by atoms with Gasteiger partial charge in [0, 0.05) is 31.0 Å². The predicted octanol–water partition coefficient (Wildman–Crippen LogP) is 3.18. The summed E-state index contributed by atoms with van der Waals surface area (Å²) in [6.45, 7) is 0. The van der Waals surface area contributed by atoms with Crippen molar-refractivity contribution in [3.63, 3.8) is 0 Å². The molecule has 28 heavy (non-hydrogen) atoms. The van der Waals surface area contributed by atoms with E-state index in [1.54, 1.807) is 30.3 Å². The maximum atomic E-state index is 11.9. The van der Waals surface area contributed by atoms with Crippen LogP contribution in [0.2, 0.25) is 0 Å². The molecule has 2 aromatic carbocycles. The van der Waals surface area contributed by atoms with E-state index in [1.165, 1.54) is 12.1 Å². The maximum absolute atomic E-state index is 11.9. The van der Waals surface area contributed by atoms with Gasteiger partial charge >= 0.3 is 0 Å². The first-order chi connectivity index (χ1) is 13.3. The smallest absolute Gasteiger partial charge is 0.227 e. The summed E-state index contributed by atoms with van der Waals surface area (Å²) >= 11 is 0. The molecule has 0 fully saturated rings. The number of anilines is 1. The molecule has 7 nitrogen and oxygen atoms in total. The summed E-state index contributed by atoms with van der Waals surface area (Å²) in [6.07, 6.45) is 3.93. The summed E-state index contributed by atoms with van der Waals surface area (Å²) in [5, 5.41) is 7.03. The van der Waals surface area contributed by atoms with Crippen molar-refractivity contribution in [2.45, 2.75) is 17.7 Å². The zero-order valence-corrected chi connectivity index (χ0v) is 16.3. The van der Waals surface area contributed by atoms with Crippen molar-refractivity contribution < 1.29 is 17.9 Å². The van der Waals surface area contributed by atoms with Gasteiger partial charge in [-0.1, -0.05) is 6.07 Å². The number of H-pyrrole nitrogens is 1. The number of rotatable bonds is 4. The van der Waals surface area contributed by atoms with Crippen LogP contribution in [-0.4, -0.2) is 37.8 Å². The number of nitrogens with zero attached hydrogens (tertiary/aromatic N) is 2. The van der Waals surface area contributed by atoms with Crippen LogP contribution >= 0.6 is 0 Å². The van der Waals surface area contributed by atoms with Crippen LogP contribution in [0, 0.1) is 0 Å². The minimum Gasteiger partial charge on any atom is -0.453 e. The molecule has 3 aromatic rings. The average molecular weight is 397 g/mol. The number of carbonyl (C=O) groups excluding carboxylic acids is 1. The number of aryl methyl sites for hydroxylation is 1. The number of amides is 1. The van der Waals surface area contributed by atoms with Crippen LogP contribution in [0.1, 0.15) is 12.0 Å². The molecule has 1 aromatic heterocycles. The summed E-state index contributed by atoms with van der Waals surface area (Å²) in [4.78, 5) is 13.8. The predicted molar refractivity (Wildman–Crippen MR) is 105 cm³/mol. The van der Waals surface area contributed by atoms with E-state index in [0.717, 1.165) is 28.8 Å². The highest BCUT2D eigenvalue weighted by Crippen LogP contribution is 2.35. The van der Waals surface area contributed by atoms with Crippen LogP contribution < -0.4 is 9.64 Å². The van der Waals surface area contributed by atoms with E-state index in [9.17, 15) is 13.2 Å². The Bertz CT molecular complexity index is 1150. The first-order valence-corrected chi connectivity index (χ1v) is 10.6. The van der Waals surface area contributed by atoms with Gasteiger partial charge < -0.3 is 9.64 Å². The van der Waals surface area contributed by atoms with Gasteiger partial charge in [0.25, 0.3) is 0 Å². The molecule has 0 unspecified atom stereocenters. The summed E-state index contributed by atoms with van der Waals surface area (Å²) in [5.74, 6) is 1.16. The van der Waals surface area contributed by atoms with Crippen molar-refractivity contribution in [3.8, 4) is 22.8 Å². The lowest BCUT2D eigenvalue weighted by Crippen LogP contribution is -2.30. The fraction of sp³-hybridized carbons (Fsp3) is 0.200. The minimum atomic E-state index is -3.25. The van der Waals surface area contributed by atoms with E-state index in [2.05, 4.69) is 10.2 Å². The van der Waals surface area contributed by atoms with Gasteiger partial charge in [-0.15, -0.1) is 0 Å².